The molecule has 2 aromatic rings. The van der Waals surface area contributed by atoms with Gasteiger partial charge in [0.2, 0.25) is 11.8 Å². The summed E-state index contributed by atoms with van der Waals surface area (Å²) in [5, 5.41) is 0. The lowest BCUT2D eigenvalue weighted by Gasteiger charge is -2.35. The van der Waals surface area contributed by atoms with E-state index < -0.39 is 0 Å². The standard InChI is InChI=1S/C18H21N3O3/c1-12-19-15-5-2-13(10-16(15)24-12)11-17(22)20-6-8-21(9-7-20)18(23)14-3-4-14/h2,5,10,14H,3-4,6-9,11H2,1H3. The second-order valence-corrected chi connectivity index (χ2v) is 6.69. The van der Waals surface area contributed by atoms with Crippen LogP contribution in [0, 0.1) is 12.8 Å². The zero-order chi connectivity index (χ0) is 16.7. The molecule has 1 aromatic carbocycles. The first-order valence-electron chi connectivity index (χ1n) is 8.53. The van der Waals surface area contributed by atoms with Gasteiger partial charge in [-0.1, -0.05) is 6.07 Å². The Morgan fingerprint density at radius 1 is 1.17 bits per heavy atom. The third-order valence-electron chi connectivity index (χ3n) is 4.79. The zero-order valence-electron chi connectivity index (χ0n) is 13.8. The van der Waals surface area contributed by atoms with Crippen LogP contribution in [0.5, 0.6) is 0 Å². The van der Waals surface area contributed by atoms with Crippen LogP contribution < -0.4 is 0 Å². The quantitative estimate of drug-likeness (QED) is 0.861. The Bertz CT molecular complexity index is 786. The number of fused-ring (bicyclic) bond motifs is 1. The molecule has 126 valence electrons. The van der Waals surface area contributed by atoms with Crippen LogP contribution in [0.4, 0.5) is 0 Å². The topological polar surface area (TPSA) is 66.7 Å². The Kier molecular flexibility index (Phi) is 3.75. The number of nitrogens with zero attached hydrogens (tertiary/aromatic N) is 3. The van der Waals surface area contributed by atoms with Crippen molar-refractivity contribution in [1.29, 1.82) is 0 Å². The van der Waals surface area contributed by atoms with E-state index in [1.54, 1.807) is 0 Å². The highest BCUT2D eigenvalue weighted by molar-refractivity contribution is 5.83. The van der Waals surface area contributed by atoms with Gasteiger partial charge in [-0.3, -0.25) is 9.59 Å². The van der Waals surface area contributed by atoms with Crippen molar-refractivity contribution in [3.05, 3.63) is 29.7 Å². The minimum absolute atomic E-state index is 0.101. The fourth-order valence-corrected chi connectivity index (χ4v) is 3.25. The molecule has 6 nitrogen and oxygen atoms in total. The van der Waals surface area contributed by atoms with Crippen molar-refractivity contribution in [1.82, 2.24) is 14.8 Å². The monoisotopic (exact) mass is 327 g/mol. The summed E-state index contributed by atoms with van der Waals surface area (Å²) in [5.41, 5.74) is 2.47. The highest BCUT2D eigenvalue weighted by Crippen LogP contribution is 2.31. The van der Waals surface area contributed by atoms with E-state index in [-0.39, 0.29) is 17.7 Å². The van der Waals surface area contributed by atoms with Crippen molar-refractivity contribution < 1.29 is 14.0 Å². The van der Waals surface area contributed by atoms with Gasteiger partial charge < -0.3 is 14.2 Å². The smallest absolute Gasteiger partial charge is 0.227 e. The molecule has 0 spiro atoms. The number of amides is 2. The van der Waals surface area contributed by atoms with Crippen LogP contribution in [0.2, 0.25) is 0 Å². The van der Waals surface area contributed by atoms with Crippen molar-refractivity contribution >= 4 is 22.9 Å². The third-order valence-corrected chi connectivity index (χ3v) is 4.79. The highest BCUT2D eigenvalue weighted by Gasteiger charge is 2.35. The molecule has 2 aliphatic rings. The Hall–Kier alpha value is -2.37. The summed E-state index contributed by atoms with van der Waals surface area (Å²) in [6, 6.07) is 5.70. The fraction of sp³-hybridized carbons (Fsp3) is 0.500. The number of rotatable bonds is 3. The number of carbonyl (C=O) groups excluding carboxylic acids is 2. The van der Waals surface area contributed by atoms with Crippen molar-refractivity contribution in [3.8, 4) is 0 Å². The van der Waals surface area contributed by atoms with Crippen molar-refractivity contribution in [3.63, 3.8) is 0 Å². The lowest BCUT2D eigenvalue weighted by molar-refractivity contribution is -0.140. The summed E-state index contributed by atoms with van der Waals surface area (Å²) < 4.78 is 5.52. The molecule has 0 atom stereocenters. The number of piperazine rings is 1. The summed E-state index contributed by atoms with van der Waals surface area (Å²) in [4.78, 5) is 32.6. The molecule has 1 aliphatic heterocycles. The summed E-state index contributed by atoms with van der Waals surface area (Å²) >= 11 is 0. The van der Waals surface area contributed by atoms with Crippen molar-refractivity contribution in [2.24, 2.45) is 5.92 Å². The maximum absolute atomic E-state index is 12.5. The number of oxazole rings is 1. The molecule has 2 heterocycles. The van der Waals surface area contributed by atoms with Gasteiger partial charge in [0.05, 0.1) is 6.42 Å². The van der Waals surface area contributed by atoms with E-state index in [0.717, 1.165) is 29.5 Å². The Balaban J connectivity index is 1.36. The first kappa shape index (κ1) is 15.2. The number of benzene rings is 1. The Labute approximate surface area is 140 Å². The van der Waals surface area contributed by atoms with Gasteiger partial charge in [0.25, 0.3) is 0 Å². The number of carbonyl (C=O) groups is 2. The van der Waals surface area contributed by atoms with Crippen molar-refractivity contribution in [2.75, 3.05) is 26.2 Å². The number of hydrogen-bond acceptors (Lipinski definition) is 4. The summed E-state index contributed by atoms with van der Waals surface area (Å²) in [6.07, 6.45) is 2.41. The molecular weight excluding hydrogens is 306 g/mol. The minimum atomic E-state index is 0.101. The Morgan fingerprint density at radius 2 is 1.88 bits per heavy atom. The maximum Gasteiger partial charge on any atom is 0.227 e. The molecule has 0 unspecified atom stereocenters. The molecule has 1 aliphatic carbocycles. The second kappa shape index (κ2) is 5.92. The molecule has 0 bridgehead atoms. The van der Waals surface area contributed by atoms with E-state index in [9.17, 15) is 9.59 Å². The molecule has 6 heteroatoms. The predicted octanol–water partition coefficient (Wildman–Crippen LogP) is 1.76. The third kappa shape index (κ3) is 3.00. The predicted molar refractivity (Wildman–Crippen MR) is 88.3 cm³/mol. The van der Waals surface area contributed by atoms with Gasteiger partial charge in [0, 0.05) is 39.0 Å². The first-order chi connectivity index (χ1) is 11.6. The van der Waals surface area contributed by atoms with Crippen LogP contribution in [-0.4, -0.2) is 52.8 Å². The van der Waals surface area contributed by atoms with Gasteiger partial charge in [-0.25, -0.2) is 4.98 Å². The van der Waals surface area contributed by atoms with Crippen LogP contribution in [0.15, 0.2) is 22.6 Å². The van der Waals surface area contributed by atoms with Crippen LogP contribution in [0.1, 0.15) is 24.3 Å². The van der Waals surface area contributed by atoms with Gasteiger partial charge in [-0.2, -0.15) is 0 Å². The summed E-state index contributed by atoms with van der Waals surface area (Å²) in [5.74, 6) is 1.26. The Morgan fingerprint density at radius 3 is 2.58 bits per heavy atom. The first-order valence-corrected chi connectivity index (χ1v) is 8.53. The highest BCUT2D eigenvalue weighted by atomic mass is 16.3. The average molecular weight is 327 g/mol. The van der Waals surface area contributed by atoms with E-state index in [1.165, 1.54) is 0 Å². The van der Waals surface area contributed by atoms with E-state index in [4.69, 9.17) is 4.42 Å². The van der Waals surface area contributed by atoms with Gasteiger partial charge >= 0.3 is 0 Å². The van der Waals surface area contributed by atoms with Gasteiger partial charge in [-0.05, 0) is 30.5 Å². The van der Waals surface area contributed by atoms with Crippen LogP contribution >= 0.6 is 0 Å². The van der Waals surface area contributed by atoms with Gasteiger partial charge in [0.15, 0.2) is 11.5 Å². The van der Waals surface area contributed by atoms with Crippen LogP contribution in [0.25, 0.3) is 11.1 Å². The van der Waals surface area contributed by atoms with Gasteiger partial charge in [-0.15, -0.1) is 0 Å². The van der Waals surface area contributed by atoms with E-state index >= 15 is 0 Å². The molecule has 2 amide bonds. The molecule has 4 rings (SSSR count). The van der Waals surface area contributed by atoms with Crippen LogP contribution in [-0.2, 0) is 16.0 Å². The molecule has 1 saturated heterocycles. The summed E-state index contributed by atoms with van der Waals surface area (Å²) in [7, 11) is 0. The zero-order valence-corrected chi connectivity index (χ0v) is 13.8. The van der Waals surface area contributed by atoms with E-state index in [2.05, 4.69) is 4.98 Å². The molecule has 1 saturated carbocycles. The molecule has 2 fully saturated rings. The molecule has 0 N–H and O–H groups in total. The molecule has 0 radical (unpaired) electrons. The summed E-state index contributed by atoms with van der Waals surface area (Å²) in [6.45, 7) is 4.37. The average Bonchev–Trinajstić information content (AvgIpc) is 3.36. The number of hydrogen-bond donors (Lipinski definition) is 0. The SMILES string of the molecule is Cc1nc2ccc(CC(=O)N3CCN(C(=O)C4CC4)CC3)cc2o1. The van der Waals surface area contributed by atoms with Crippen LogP contribution in [0.3, 0.4) is 0 Å². The molecular formula is C18H21N3O3. The van der Waals surface area contributed by atoms with Gasteiger partial charge in [0.1, 0.15) is 5.52 Å². The largest absolute Gasteiger partial charge is 0.441 e. The number of aromatic nitrogens is 1. The lowest BCUT2D eigenvalue weighted by Crippen LogP contribution is -2.51. The van der Waals surface area contributed by atoms with Crippen molar-refractivity contribution in [2.45, 2.75) is 26.2 Å². The molecule has 1 aromatic heterocycles. The van der Waals surface area contributed by atoms with E-state index in [1.807, 2.05) is 34.9 Å². The maximum atomic E-state index is 12.5. The molecule has 24 heavy (non-hydrogen) atoms. The normalized spacial score (nSPS) is 18.2. The fourth-order valence-electron chi connectivity index (χ4n) is 3.25. The lowest BCUT2D eigenvalue weighted by atomic mass is 10.1. The van der Waals surface area contributed by atoms with E-state index in [0.29, 0.717) is 38.5 Å². The second-order valence-electron chi connectivity index (χ2n) is 6.69. The minimum Gasteiger partial charge on any atom is -0.441 e. The number of aryl methyl sites for hydroxylation is 1.